The van der Waals surface area contributed by atoms with E-state index in [-0.39, 0.29) is 0 Å². The molecule has 1 N–H and O–H groups in total. The van der Waals surface area contributed by atoms with E-state index in [1.54, 1.807) is 0 Å². The molecule has 2 heterocycles. The zero-order valence-electron chi connectivity index (χ0n) is 14.1. The van der Waals surface area contributed by atoms with Crippen molar-refractivity contribution in [3.8, 4) is 0 Å². The standard InChI is InChI=1S/C17H33N3O/c1-14(2)20(12-16-5-4-8-18-11-16)13-17(21)19-9-6-15(3)7-10-19/h14-16,18H,4-13H2,1-3H3. The van der Waals surface area contributed by atoms with E-state index in [9.17, 15) is 4.79 Å². The summed E-state index contributed by atoms with van der Waals surface area (Å²) in [6.45, 7) is 12.5. The first-order valence-corrected chi connectivity index (χ1v) is 8.78. The van der Waals surface area contributed by atoms with Gasteiger partial charge in [0.25, 0.3) is 0 Å². The Morgan fingerprint density at radius 3 is 2.57 bits per heavy atom. The Kier molecular flexibility index (Phi) is 6.49. The van der Waals surface area contributed by atoms with Crippen LogP contribution in [0.3, 0.4) is 0 Å². The van der Waals surface area contributed by atoms with Gasteiger partial charge >= 0.3 is 0 Å². The number of nitrogens with zero attached hydrogens (tertiary/aromatic N) is 2. The average molecular weight is 295 g/mol. The highest BCUT2D eigenvalue weighted by atomic mass is 16.2. The molecule has 0 aliphatic carbocycles. The van der Waals surface area contributed by atoms with E-state index in [0.29, 0.717) is 24.4 Å². The topological polar surface area (TPSA) is 35.6 Å². The largest absolute Gasteiger partial charge is 0.342 e. The van der Waals surface area contributed by atoms with Crippen LogP contribution < -0.4 is 5.32 Å². The van der Waals surface area contributed by atoms with Gasteiger partial charge in [0.05, 0.1) is 6.54 Å². The Labute approximate surface area is 130 Å². The van der Waals surface area contributed by atoms with Crippen LogP contribution in [0.25, 0.3) is 0 Å². The van der Waals surface area contributed by atoms with Gasteiger partial charge in [-0.1, -0.05) is 6.92 Å². The quantitative estimate of drug-likeness (QED) is 0.842. The van der Waals surface area contributed by atoms with Crippen LogP contribution in [0.15, 0.2) is 0 Å². The molecule has 0 aromatic rings. The van der Waals surface area contributed by atoms with Crippen LogP contribution in [-0.4, -0.2) is 61.0 Å². The summed E-state index contributed by atoms with van der Waals surface area (Å²) in [5.74, 6) is 1.82. The van der Waals surface area contributed by atoms with Crippen molar-refractivity contribution in [3.63, 3.8) is 0 Å². The third-order valence-corrected chi connectivity index (χ3v) is 5.10. The van der Waals surface area contributed by atoms with Crippen LogP contribution >= 0.6 is 0 Å². The predicted molar refractivity (Wildman–Crippen MR) is 87.3 cm³/mol. The lowest BCUT2D eigenvalue weighted by Crippen LogP contribution is -2.48. The number of nitrogens with one attached hydrogen (secondary N) is 1. The number of amides is 1. The normalized spacial score (nSPS) is 24.8. The van der Waals surface area contributed by atoms with E-state index in [1.165, 1.54) is 25.7 Å². The lowest BCUT2D eigenvalue weighted by Gasteiger charge is -2.35. The van der Waals surface area contributed by atoms with Crippen molar-refractivity contribution in [1.29, 1.82) is 0 Å². The van der Waals surface area contributed by atoms with Crippen molar-refractivity contribution in [2.45, 2.75) is 52.5 Å². The van der Waals surface area contributed by atoms with Gasteiger partial charge in [0, 0.05) is 25.7 Å². The van der Waals surface area contributed by atoms with Crippen molar-refractivity contribution < 1.29 is 4.79 Å². The second-order valence-electron chi connectivity index (χ2n) is 7.30. The molecule has 4 nitrogen and oxygen atoms in total. The number of carbonyl (C=O) groups excluding carboxylic acids is 1. The molecule has 0 radical (unpaired) electrons. The van der Waals surface area contributed by atoms with Crippen LogP contribution in [0.1, 0.15) is 46.5 Å². The summed E-state index contributed by atoms with van der Waals surface area (Å²) in [6.07, 6.45) is 4.90. The van der Waals surface area contributed by atoms with Crippen molar-refractivity contribution in [2.75, 3.05) is 39.3 Å². The van der Waals surface area contributed by atoms with E-state index >= 15 is 0 Å². The number of rotatable bonds is 5. The van der Waals surface area contributed by atoms with Gasteiger partial charge in [-0.15, -0.1) is 0 Å². The Bertz CT molecular complexity index is 318. The molecule has 4 heteroatoms. The number of piperidine rings is 2. The van der Waals surface area contributed by atoms with E-state index in [2.05, 4.69) is 35.9 Å². The van der Waals surface area contributed by atoms with Gasteiger partial charge < -0.3 is 10.2 Å². The summed E-state index contributed by atoms with van der Waals surface area (Å²) in [4.78, 5) is 17.0. The lowest BCUT2D eigenvalue weighted by molar-refractivity contribution is -0.134. The van der Waals surface area contributed by atoms with Gasteiger partial charge in [-0.25, -0.2) is 0 Å². The maximum absolute atomic E-state index is 12.5. The minimum Gasteiger partial charge on any atom is -0.342 e. The molecule has 0 aromatic heterocycles. The summed E-state index contributed by atoms with van der Waals surface area (Å²) in [5.41, 5.74) is 0. The fraction of sp³-hybridized carbons (Fsp3) is 0.941. The van der Waals surface area contributed by atoms with Gasteiger partial charge in [-0.3, -0.25) is 9.69 Å². The highest BCUT2D eigenvalue weighted by molar-refractivity contribution is 5.78. The molecule has 0 aromatic carbocycles. The fourth-order valence-electron chi connectivity index (χ4n) is 3.40. The summed E-state index contributed by atoms with van der Waals surface area (Å²) in [6, 6.07) is 0.444. The third kappa shape index (κ3) is 5.26. The molecule has 122 valence electrons. The maximum Gasteiger partial charge on any atom is 0.236 e. The summed E-state index contributed by atoms with van der Waals surface area (Å²) in [5, 5.41) is 3.48. The van der Waals surface area contributed by atoms with Gasteiger partial charge in [0.15, 0.2) is 0 Å². The van der Waals surface area contributed by atoms with Gasteiger partial charge in [-0.2, -0.15) is 0 Å². The SMILES string of the molecule is CC1CCN(C(=O)CN(CC2CCCNC2)C(C)C)CC1. The summed E-state index contributed by atoms with van der Waals surface area (Å²) in [7, 11) is 0. The second kappa shape index (κ2) is 8.14. The average Bonchev–Trinajstić information content (AvgIpc) is 2.48. The molecule has 1 amide bonds. The first kappa shape index (κ1) is 16.8. The molecule has 1 atom stereocenters. The van der Waals surface area contributed by atoms with Crippen molar-refractivity contribution in [3.05, 3.63) is 0 Å². The minimum atomic E-state index is 0.333. The molecule has 0 bridgehead atoms. The summed E-state index contributed by atoms with van der Waals surface area (Å²) < 4.78 is 0. The van der Waals surface area contributed by atoms with Gasteiger partial charge in [-0.05, 0) is 64.5 Å². The molecule has 21 heavy (non-hydrogen) atoms. The smallest absolute Gasteiger partial charge is 0.236 e. The number of hydrogen-bond acceptors (Lipinski definition) is 3. The molecular weight excluding hydrogens is 262 g/mol. The zero-order chi connectivity index (χ0) is 15.2. The molecule has 2 rings (SSSR count). The molecule has 2 aliphatic rings. The van der Waals surface area contributed by atoms with E-state index in [4.69, 9.17) is 0 Å². The summed E-state index contributed by atoms with van der Waals surface area (Å²) >= 11 is 0. The Morgan fingerprint density at radius 1 is 1.29 bits per heavy atom. The number of likely N-dealkylation sites (tertiary alicyclic amines) is 1. The van der Waals surface area contributed by atoms with E-state index < -0.39 is 0 Å². The van der Waals surface area contributed by atoms with Crippen molar-refractivity contribution in [1.82, 2.24) is 15.1 Å². The molecule has 0 spiro atoms. The van der Waals surface area contributed by atoms with Crippen LogP contribution in [0.2, 0.25) is 0 Å². The predicted octanol–water partition coefficient (Wildman–Crippen LogP) is 1.95. The Hall–Kier alpha value is -0.610. The van der Waals surface area contributed by atoms with Crippen LogP contribution in [0, 0.1) is 11.8 Å². The molecule has 0 saturated carbocycles. The number of carbonyl (C=O) groups is 1. The highest BCUT2D eigenvalue weighted by Crippen LogP contribution is 2.17. The Balaban J connectivity index is 1.82. The molecule has 1 unspecified atom stereocenters. The Morgan fingerprint density at radius 2 is 2.00 bits per heavy atom. The monoisotopic (exact) mass is 295 g/mol. The highest BCUT2D eigenvalue weighted by Gasteiger charge is 2.25. The van der Waals surface area contributed by atoms with Crippen LogP contribution in [0.5, 0.6) is 0 Å². The van der Waals surface area contributed by atoms with Gasteiger partial charge in [0.1, 0.15) is 0 Å². The number of hydrogen-bond donors (Lipinski definition) is 1. The van der Waals surface area contributed by atoms with Gasteiger partial charge in [0.2, 0.25) is 5.91 Å². The zero-order valence-corrected chi connectivity index (χ0v) is 14.1. The van der Waals surface area contributed by atoms with E-state index in [1.807, 2.05) is 0 Å². The van der Waals surface area contributed by atoms with Crippen LogP contribution in [0.4, 0.5) is 0 Å². The molecule has 2 saturated heterocycles. The minimum absolute atomic E-state index is 0.333. The van der Waals surface area contributed by atoms with Crippen molar-refractivity contribution >= 4 is 5.91 Å². The first-order chi connectivity index (χ1) is 10.1. The van der Waals surface area contributed by atoms with E-state index in [0.717, 1.165) is 38.6 Å². The second-order valence-corrected chi connectivity index (χ2v) is 7.30. The fourth-order valence-corrected chi connectivity index (χ4v) is 3.40. The first-order valence-electron chi connectivity index (χ1n) is 8.78. The van der Waals surface area contributed by atoms with Crippen LogP contribution in [-0.2, 0) is 4.79 Å². The lowest BCUT2D eigenvalue weighted by atomic mass is 9.98. The molecule has 2 aliphatic heterocycles. The maximum atomic E-state index is 12.5. The molecule has 2 fully saturated rings. The third-order valence-electron chi connectivity index (χ3n) is 5.10. The van der Waals surface area contributed by atoms with Crippen molar-refractivity contribution in [2.24, 2.45) is 11.8 Å². The molecular formula is C17H33N3O.